The molecule has 2 rings (SSSR count). The van der Waals surface area contributed by atoms with Crippen molar-refractivity contribution in [3.63, 3.8) is 0 Å². The van der Waals surface area contributed by atoms with Crippen LogP contribution in [0.3, 0.4) is 0 Å². The van der Waals surface area contributed by atoms with Crippen LogP contribution < -0.4 is 19.9 Å². The second kappa shape index (κ2) is 6.64. The van der Waals surface area contributed by atoms with Gasteiger partial charge in [0.25, 0.3) is 0 Å². The van der Waals surface area contributed by atoms with Crippen LogP contribution in [0.25, 0.3) is 0 Å². The second-order valence-corrected chi connectivity index (χ2v) is 4.30. The largest absolute Gasteiger partial charge is 0.496 e. The van der Waals surface area contributed by atoms with Crippen LogP contribution in [0, 0.1) is 11.3 Å². The molecule has 5 heteroatoms. The van der Waals surface area contributed by atoms with E-state index in [-0.39, 0.29) is 0 Å². The summed E-state index contributed by atoms with van der Waals surface area (Å²) in [6.07, 6.45) is 0. The van der Waals surface area contributed by atoms with Gasteiger partial charge in [-0.25, -0.2) is 0 Å². The number of benzene rings is 2. The summed E-state index contributed by atoms with van der Waals surface area (Å²) in [7, 11) is 3.13. The SMILES string of the molecule is COc1cc(OC)cc(Oc2ccc(CN)cc2C#N)c1. The summed E-state index contributed by atoms with van der Waals surface area (Å²) < 4.78 is 16.1. The van der Waals surface area contributed by atoms with Crippen molar-refractivity contribution in [2.24, 2.45) is 5.73 Å². The van der Waals surface area contributed by atoms with Crippen LogP contribution in [0.4, 0.5) is 0 Å². The molecule has 0 aliphatic carbocycles. The Morgan fingerprint density at radius 1 is 1.00 bits per heavy atom. The number of hydrogen-bond acceptors (Lipinski definition) is 5. The molecule has 0 saturated carbocycles. The number of methoxy groups -OCH3 is 2. The summed E-state index contributed by atoms with van der Waals surface area (Å²) in [6.45, 7) is 0.377. The van der Waals surface area contributed by atoms with Crippen molar-refractivity contribution >= 4 is 0 Å². The normalized spacial score (nSPS) is 9.81. The molecule has 2 aromatic rings. The van der Waals surface area contributed by atoms with Gasteiger partial charge in [-0.15, -0.1) is 0 Å². The molecule has 5 nitrogen and oxygen atoms in total. The molecule has 0 fully saturated rings. The fourth-order valence-corrected chi connectivity index (χ4v) is 1.85. The van der Waals surface area contributed by atoms with E-state index in [2.05, 4.69) is 6.07 Å². The zero-order chi connectivity index (χ0) is 15.2. The maximum absolute atomic E-state index is 9.20. The summed E-state index contributed by atoms with van der Waals surface area (Å²) in [5.74, 6) is 2.22. The third-order valence-electron chi connectivity index (χ3n) is 2.95. The summed E-state index contributed by atoms with van der Waals surface area (Å²) in [5, 5.41) is 9.20. The van der Waals surface area contributed by atoms with Gasteiger partial charge in [0, 0.05) is 24.7 Å². The van der Waals surface area contributed by atoms with Crippen molar-refractivity contribution in [2.75, 3.05) is 14.2 Å². The molecule has 2 aromatic carbocycles. The lowest BCUT2D eigenvalue weighted by Gasteiger charge is -2.11. The number of ether oxygens (including phenoxy) is 3. The lowest BCUT2D eigenvalue weighted by molar-refractivity contribution is 0.386. The van der Waals surface area contributed by atoms with E-state index in [1.807, 2.05) is 6.07 Å². The van der Waals surface area contributed by atoms with Gasteiger partial charge in [-0.05, 0) is 17.7 Å². The molecular formula is C16H16N2O3. The highest BCUT2D eigenvalue weighted by molar-refractivity contribution is 5.49. The smallest absolute Gasteiger partial charge is 0.145 e. The highest BCUT2D eigenvalue weighted by Gasteiger charge is 2.08. The predicted molar refractivity (Wildman–Crippen MR) is 78.7 cm³/mol. The second-order valence-electron chi connectivity index (χ2n) is 4.30. The van der Waals surface area contributed by atoms with Gasteiger partial charge in [0.15, 0.2) is 0 Å². The molecule has 0 unspecified atom stereocenters. The lowest BCUT2D eigenvalue weighted by Crippen LogP contribution is -1.98. The number of nitrogens with two attached hydrogens (primary N) is 1. The first-order chi connectivity index (χ1) is 10.2. The van der Waals surface area contributed by atoms with Crippen molar-refractivity contribution < 1.29 is 14.2 Å². The standard InChI is InChI=1S/C16H16N2O3/c1-19-13-6-14(20-2)8-15(7-13)21-16-4-3-11(9-17)5-12(16)10-18/h3-8H,9,17H2,1-2H3. The fourth-order valence-electron chi connectivity index (χ4n) is 1.85. The highest BCUT2D eigenvalue weighted by Crippen LogP contribution is 2.32. The molecule has 0 radical (unpaired) electrons. The zero-order valence-electron chi connectivity index (χ0n) is 11.9. The molecule has 0 saturated heterocycles. The van der Waals surface area contributed by atoms with Crippen LogP contribution in [-0.2, 0) is 6.54 Å². The third kappa shape index (κ3) is 3.44. The van der Waals surface area contributed by atoms with Crippen LogP contribution in [0.5, 0.6) is 23.0 Å². The van der Waals surface area contributed by atoms with E-state index in [1.165, 1.54) is 0 Å². The van der Waals surface area contributed by atoms with Gasteiger partial charge < -0.3 is 19.9 Å². The topological polar surface area (TPSA) is 77.5 Å². The van der Waals surface area contributed by atoms with Crippen LogP contribution in [-0.4, -0.2) is 14.2 Å². The van der Waals surface area contributed by atoms with Gasteiger partial charge in [-0.2, -0.15) is 5.26 Å². The van der Waals surface area contributed by atoms with Crippen LogP contribution in [0.1, 0.15) is 11.1 Å². The first-order valence-electron chi connectivity index (χ1n) is 6.34. The van der Waals surface area contributed by atoms with E-state index in [1.54, 1.807) is 44.6 Å². The Bertz CT molecular complexity index is 655. The van der Waals surface area contributed by atoms with E-state index < -0.39 is 0 Å². The number of nitriles is 1. The lowest BCUT2D eigenvalue weighted by atomic mass is 10.1. The minimum Gasteiger partial charge on any atom is -0.496 e. The molecule has 0 bridgehead atoms. The quantitative estimate of drug-likeness (QED) is 0.913. The maximum atomic E-state index is 9.20. The zero-order valence-corrected chi connectivity index (χ0v) is 11.9. The number of hydrogen-bond donors (Lipinski definition) is 1. The van der Waals surface area contributed by atoms with Crippen LogP contribution in [0.15, 0.2) is 36.4 Å². The van der Waals surface area contributed by atoms with Crippen LogP contribution >= 0.6 is 0 Å². The van der Waals surface area contributed by atoms with Gasteiger partial charge in [-0.1, -0.05) is 6.07 Å². The minimum absolute atomic E-state index is 0.377. The Hall–Kier alpha value is -2.71. The van der Waals surface area contributed by atoms with E-state index >= 15 is 0 Å². The summed E-state index contributed by atoms with van der Waals surface area (Å²) in [6, 6.07) is 12.6. The van der Waals surface area contributed by atoms with Gasteiger partial charge >= 0.3 is 0 Å². The molecule has 0 spiro atoms. The highest BCUT2D eigenvalue weighted by atomic mass is 16.5. The van der Waals surface area contributed by atoms with Gasteiger partial charge in [0.1, 0.15) is 29.1 Å². The van der Waals surface area contributed by atoms with E-state index in [9.17, 15) is 5.26 Å². The minimum atomic E-state index is 0.377. The molecule has 0 atom stereocenters. The Labute approximate surface area is 123 Å². The number of nitrogens with zero attached hydrogens (tertiary/aromatic N) is 1. The van der Waals surface area contributed by atoms with Crippen LogP contribution in [0.2, 0.25) is 0 Å². The van der Waals surface area contributed by atoms with Crippen molar-refractivity contribution in [1.82, 2.24) is 0 Å². The molecular weight excluding hydrogens is 268 g/mol. The van der Waals surface area contributed by atoms with E-state index in [0.29, 0.717) is 35.1 Å². The molecule has 0 amide bonds. The fraction of sp³-hybridized carbons (Fsp3) is 0.188. The van der Waals surface area contributed by atoms with Gasteiger partial charge in [-0.3, -0.25) is 0 Å². The third-order valence-corrected chi connectivity index (χ3v) is 2.95. The van der Waals surface area contributed by atoms with Gasteiger partial charge in [0.2, 0.25) is 0 Å². The first kappa shape index (κ1) is 14.7. The summed E-state index contributed by atoms with van der Waals surface area (Å²) >= 11 is 0. The monoisotopic (exact) mass is 284 g/mol. The molecule has 2 N–H and O–H groups in total. The Kier molecular flexibility index (Phi) is 4.64. The molecule has 0 aliphatic heterocycles. The predicted octanol–water partition coefficient (Wildman–Crippen LogP) is 2.83. The van der Waals surface area contributed by atoms with Crippen molar-refractivity contribution in [2.45, 2.75) is 6.54 Å². The Morgan fingerprint density at radius 3 is 2.14 bits per heavy atom. The molecule has 0 aliphatic rings. The van der Waals surface area contributed by atoms with Crippen molar-refractivity contribution in [1.29, 1.82) is 5.26 Å². The average Bonchev–Trinajstić information content (AvgIpc) is 2.54. The molecule has 0 aromatic heterocycles. The first-order valence-corrected chi connectivity index (χ1v) is 6.34. The van der Waals surface area contributed by atoms with Crippen molar-refractivity contribution in [3.05, 3.63) is 47.5 Å². The van der Waals surface area contributed by atoms with Gasteiger partial charge in [0.05, 0.1) is 19.8 Å². The van der Waals surface area contributed by atoms with E-state index in [4.69, 9.17) is 19.9 Å². The summed E-state index contributed by atoms with van der Waals surface area (Å²) in [4.78, 5) is 0. The molecule has 0 heterocycles. The molecule has 108 valence electrons. The maximum Gasteiger partial charge on any atom is 0.145 e. The molecule has 21 heavy (non-hydrogen) atoms. The average molecular weight is 284 g/mol. The summed E-state index contributed by atoms with van der Waals surface area (Å²) in [5.41, 5.74) is 6.88. The Balaban J connectivity index is 2.36. The van der Waals surface area contributed by atoms with E-state index in [0.717, 1.165) is 5.56 Å². The Morgan fingerprint density at radius 2 is 1.62 bits per heavy atom. The van der Waals surface area contributed by atoms with Crippen molar-refractivity contribution in [3.8, 4) is 29.1 Å². The number of rotatable bonds is 5.